The van der Waals surface area contributed by atoms with E-state index in [0.29, 0.717) is 6.04 Å². The summed E-state index contributed by atoms with van der Waals surface area (Å²) in [6.07, 6.45) is 2.32. The van der Waals surface area contributed by atoms with Gasteiger partial charge in [-0.2, -0.15) is 0 Å². The van der Waals surface area contributed by atoms with E-state index in [1.54, 1.807) is 0 Å². The van der Waals surface area contributed by atoms with Gasteiger partial charge in [-0.1, -0.05) is 36.4 Å². The van der Waals surface area contributed by atoms with Crippen LogP contribution in [0.3, 0.4) is 0 Å². The highest BCUT2D eigenvalue weighted by Gasteiger charge is 2.01. The first-order chi connectivity index (χ1) is 9.34. The minimum atomic E-state index is 0.500. The lowest BCUT2D eigenvalue weighted by Crippen LogP contribution is -2.16. The van der Waals surface area contributed by atoms with Crippen LogP contribution >= 0.6 is 0 Å². The highest BCUT2D eigenvalue weighted by atomic mass is 14.9. The van der Waals surface area contributed by atoms with Gasteiger partial charge in [-0.05, 0) is 44.0 Å². The highest BCUT2D eigenvalue weighted by molar-refractivity contribution is 5.43. The fourth-order valence-electron chi connectivity index (χ4n) is 2.09. The molecular formula is C17H22N2. The lowest BCUT2D eigenvalue weighted by atomic mass is 10.1. The maximum Gasteiger partial charge on any atom is 0.0342 e. The summed E-state index contributed by atoms with van der Waals surface area (Å²) >= 11 is 0. The molecule has 0 saturated heterocycles. The zero-order valence-corrected chi connectivity index (χ0v) is 11.5. The Morgan fingerprint density at radius 1 is 0.842 bits per heavy atom. The normalized spacial score (nSPS) is 11.8. The molecule has 2 heteroatoms. The SMILES string of the molecule is CC(CCCNc1ccccc1)Nc1ccccc1. The predicted molar refractivity (Wildman–Crippen MR) is 83.7 cm³/mol. The average Bonchev–Trinajstić information content (AvgIpc) is 2.46. The first kappa shape index (κ1) is 13.5. The number of hydrogen-bond donors (Lipinski definition) is 2. The largest absolute Gasteiger partial charge is 0.385 e. The van der Waals surface area contributed by atoms with E-state index < -0.39 is 0 Å². The first-order valence-electron chi connectivity index (χ1n) is 6.95. The van der Waals surface area contributed by atoms with Crippen molar-refractivity contribution >= 4 is 11.4 Å². The maximum atomic E-state index is 3.51. The summed E-state index contributed by atoms with van der Waals surface area (Å²) in [6.45, 7) is 3.25. The predicted octanol–water partition coefficient (Wildman–Crippen LogP) is 4.38. The third-order valence-corrected chi connectivity index (χ3v) is 3.10. The van der Waals surface area contributed by atoms with Gasteiger partial charge in [-0.25, -0.2) is 0 Å². The van der Waals surface area contributed by atoms with Crippen molar-refractivity contribution in [2.75, 3.05) is 17.2 Å². The summed E-state index contributed by atoms with van der Waals surface area (Å²) in [7, 11) is 0. The molecule has 100 valence electrons. The summed E-state index contributed by atoms with van der Waals surface area (Å²) in [5.41, 5.74) is 2.40. The third-order valence-electron chi connectivity index (χ3n) is 3.10. The fraction of sp³-hybridized carbons (Fsp3) is 0.294. The van der Waals surface area contributed by atoms with Crippen LogP contribution in [0.5, 0.6) is 0 Å². The van der Waals surface area contributed by atoms with Crippen LogP contribution in [0.4, 0.5) is 11.4 Å². The van der Waals surface area contributed by atoms with Gasteiger partial charge < -0.3 is 10.6 Å². The maximum absolute atomic E-state index is 3.51. The Kier molecular flexibility index (Phi) is 5.30. The molecule has 0 amide bonds. The van der Waals surface area contributed by atoms with Crippen LogP contribution in [0.25, 0.3) is 0 Å². The molecule has 2 rings (SSSR count). The van der Waals surface area contributed by atoms with Crippen molar-refractivity contribution in [1.82, 2.24) is 0 Å². The second kappa shape index (κ2) is 7.47. The summed E-state index contributed by atoms with van der Waals surface area (Å²) in [5, 5.41) is 6.95. The van der Waals surface area contributed by atoms with Crippen molar-refractivity contribution in [2.24, 2.45) is 0 Å². The fourth-order valence-corrected chi connectivity index (χ4v) is 2.09. The van der Waals surface area contributed by atoms with Crippen LogP contribution in [0, 0.1) is 0 Å². The van der Waals surface area contributed by atoms with Crippen molar-refractivity contribution in [3.63, 3.8) is 0 Å². The molecule has 0 aliphatic rings. The molecule has 19 heavy (non-hydrogen) atoms. The van der Waals surface area contributed by atoms with Gasteiger partial charge in [0, 0.05) is 24.0 Å². The smallest absolute Gasteiger partial charge is 0.0342 e. The number of nitrogens with one attached hydrogen (secondary N) is 2. The summed E-state index contributed by atoms with van der Waals surface area (Å²) in [6, 6.07) is 21.2. The van der Waals surface area contributed by atoms with E-state index in [-0.39, 0.29) is 0 Å². The Labute approximate surface area is 115 Å². The van der Waals surface area contributed by atoms with Crippen LogP contribution in [0.2, 0.25) is 0 Å². The second-order valence-electron chi connectivity index (χ2n) is 4.85. The average molecular weight is 254 g/mol. The minimum Gasteiger partial charge on any atom is -0.385 e. The molecule has 0 aromatic heterocycles. The molecule has 0 heterocycles. The molecule has 0 fully saturated rings. The quantitative estimate of drug-likeness (QED) is 0.716. The van der Waals surface area contributed by atoms with Crippen molar-refractivity contribution in [3.8, 4) is 0 Å². The van der Waals surface area contributed by atoms with Crippen molar-refractivity contribution < 1.29 is 0 Å². The van der Waals surface area contributed by atoms with Gasteiger partial charge in [-0.3, -0.25) is 0 Å². The van der Waals surface area contributed by atoms with Gasteiger partial charge in [-0.15, -0.1) is 0 Å². The van der Waals surface area contributed by atoms with Crippen LogP contribution in [0.15, 0.2) is 60.7 Å². The van der Waals surface area contributed by atoms with Crippen LogP contribution in [0.1, 0.15) is 19.8 Å². The molecule has 2 nitrogen and oxygen atoms in total. The van der Waals surface area contributed by atoms with Crippen molar-refractivity contribution in [1.29, 1.82) is 0 Å². The Bertz CT molecular complexity index is 453. The number of rotatable bonds is 7. The van der Waals surface area contributed by atoms with Crippen molar-refractivity contribution in [2.45, 2.75) is 25.8 Å². The van der Waals surface area contributed by atoms with E-state index in [4.69, 9.17) is 0 Å². The van der Waals surface area contributed by atoms with Gasteiger partial charge in [0.2, 0.25) is 0 Å². The summed E-state index contributed by atoms with van der Waals surface area (Å²) < 4.78 is 0. The standard InChI is InChI=1S/C17H22N2/c1-15(19-17-12-6-3-7-13-17)9-8-14-18-16-10-4-2-5-11-16/h2-7,10-13,15,18-19H,8-9,14H2,1H3. The van der Waals surface area contributed by atoms with Gasteiger partial charge in [0.25, 0.3) is 0 Å². The molecule has 0 spiro atoms. The Hall–Kier alpha value is -1.96. The van der Waals surface area contributed by atoms with Gasteiger partial charge >= 0.3 is 0 Å². The first-order valence-corrected chi connectivity index (χ1v) is 6.95. The zero-order valence-electron chi connectivity index (χ0n) is 11.5. The zero-order chi connectivity index (χ0) is 13.3. The van der Waals surface area contributed by atoms with E-state index in [1.807, 2.05) is 12.1 Å². The molecular weight excluding hydrogens is 232 g/mol. The van der Waals surface area contributed by atoms with Crippen molar-refractivity contribution in [3.05, 3.63) is 60.7 Å². The molecule has 0 bridgehead atoms. The van der Waals surface area contributed by atoms with Crippen LogP contribution in [-0.2, 0) is 0 Å². The second-order valence-corrected chi connectivity index (χ2v) is 4.85. The highest BCUT2D eigenvalue weighted by Crippen LogP contribution is 2.10. The van der Waals surface area contributed by atoms with E-state index in [1.165, 1.54) is 11.4 Å². The van der Waals surface area contributed by atoms with Gasteiger partial charge in [0.05, 0.1) is 0 Å². The monoisotopic (exact) mass is 254 g/mol. The van der Waals surface area contributed by atoms with Gasteiger partial charge in [0.1, 0.15) is 0 Å². The van der Waals surface area contributed by atoms with Gasteiger partial charge in [0.15, 0.2) is 0 Å². The van der Waals surface area contributed by atoms with Crippen LogP contribution in [-0.4, -0.2) is 12.6 Å². The van der Waals surface area contributed by atoms with Crippen LogP contribution < -0.4 is 10.6 Å². The topological polar surface area (TPSA) is 24.1 Å². The lowest BCUT2D eigenvalue weighted by Gasteiger charge is -2.15. The number of hydrogen-bond acceptors (Lipinski definition) is 2. The summed E-state index contributed by atoms with van der Waals surface area (Å²) in [5.74, 6) is 0. The van der Waals surface area contributed by atoms with E-state index in [0.717, 1.165) is 19.4 Å². The van der Waals surface area contributed by atoms with E-state index >= 15 is 0 Å². The minimum absolute atomic E-state index is 0.500. The van der Waals surface area contributed by atoms with E-state index in [2.05, 4.69) is 66.1 Å². The lowest BCUT2D eigenvalue weighted by molar-refractivity contribution is 0.673. The Balaban J connectivity index is 1.63. The van der Waals surface area contributed by atoms with E-state index in [9.17, 15) is 0 Å². The number of benzene rings is 2. The molecule has 0 aliphatic carbocycles. The Morgan fingerprint density at radius 2 is 1.42 bits per heavy atom. The molecule has 0 aliphatic heterocycles. The molecule has 2 N–H and O–H groups in total. The molecule has 0 radical (unpaired) electrons. The Morgan fingerprint density at radius 3 is 2.05 bits per heavy atom. The number of para-hydroxylation sites is 2. The molecule has 0 saturated carbocycles. The summed E-state index contributed by atoms with van der Waals surface area (Å²) in [4.78, 5) is 0. The number of anilines is 2. The third kappa shape index (κ3) is 5.04. The molecule has 2 aromatic carbocycles. The molecule has 1 atom stereocenters. The molecule has 2 aromatic rings. The molecule has 1 unspecified atom stereocenters.